The molecule has 1 aromatic heterocycles. The number of hydrogen-bond donors (Lipinski definition) is 1. The van der Waals surface area contributed by atoms with E-state index in [9.17, 15) is 13.6 Å². The molecule has 124 valence electrons. The fourth-order valence-corrected chi connectivity index (χ4v) is 2.97. The van der Waals surface area contributed by atoms with Crippen molar-refractivity contribution >= 4 is 22.5 Å². The van der Waals surface area contributed by atoms with E-state index in [0.29, 0.717) is 40.4 Å². The van der Waals surface area contributed by atoms with Gasteiger partial charge in [0.05, 0.1) is 11.7 Å². The molecule has 1 saturated heterocycles. The van der Waals surface area contributed by atoms with E-state index in [2.05, 4.69) is 10.4 Å². The summed E-state index contributed by atoms with van der Waals surface area (Å²) in [7, 11) is 0. The molecule has 7 heteroatoms. The summed E-state index contributed by atoms with van der Waals surface area (Å²) in [6.45, 7) is 0.627. The van der Waals surface area contributed by atoms with Crippen LogP contribution in [0.3, 0.4) is 0 Å². The van der Waals surface area contributed by atoms with Crippen LogP contribution in [-0.2, 0) is 9.53 Å². The van der Waals surface area contributed by atoms with E-state index in [1.54, 1.807) is 18.2 Å². The van der Waals surface area contributed by atoms with E-state index in [-0.39, 0.29) is 11.8 Å². The summed E-state index contributed by atoms with van der Waals surface area (Å²) >= 11 is 0. The molecule has 5 nitrogen and oxygen atoms in total. The molecule has 23 heavy (non-hydrogen) atoms. The van der Waals surface area contributed by atoms with Crippen molar-refractivity contribution in [2.24, 2.45) is 11.8 Å². The molecule has 1 amide bonds. The maximum Gasteiger partial charge on any atom is 0.333 e. The lowest BCUT2D eigenvalue weighted by molar-refractivity contribution is -0.122. The van der Waals surface area contributed by atoms with E-state index >= 15 is 0 Å². The van der Waals surface area contributed by atoms with E-state index in [0.717, 1.165) is 12.8 Å². The van der Waals surface area contributed by atoms with Crippen LogP contribution < -0.4 is 5.32 Å². The van der Waals surface area contributed by atoms with Gasteiger partial charge in [-0.15, -0.1) is 0 Å². The molecule has 1 fully saturated rings. The predicted octanol–water partition coefficient (Wildman–Crippen LogP) is 3.43. The van der Waals surface area contributed by atoms with Crippen molar-refractivity contribution in [3.63, 3.8) is 0 Å². The van der Waals surface area contributed by atoms with Crippen LogP contribution in [0.15, 0.2) is 24.4 Å². The molecule has 2 heterocycles. The highest BCUT2D eigenvalue weighted by Gasteiger charge is 2.26. The molecule has 1 aromatic carbocycles. The maximum absolute atomic E-state index is 12.8. The van der Waals surface area contributed by atoms with Gasteiger partial charge in [0.25, 0.3) is 0 Å². The number of carbonyl (C=O) groups is 1. The molecule has 1 unspecified atom stereocenters. The Kier molecular flexibility index (Phi) is 4.56. The highest BCUT2D eigenvalue weighted by Crippen LogP contribution is 2.26. The van der Waals surface area contributed by atoms with Crippen LogP contribution in [0.4, 0.5) is 14.5 Å². The van der Waals surface area contributed by atoms with Crippen LogP contribution in [-0.4, -0.2) is 28.9 Å². The smallest absolute Gasteiger partial charge is 0.333 e. The van der Waals surface area contributed by atoms with Gasteiger partial charge >= 0.3 is 6.55 Å². The first-order valence-corrected chi connectivity index (χ1v) is 7.70. The van der Waals surface area contributed by atoms with Crippen LogP contribution in [0, 0.1) is 11.8 Å². The average Bonchev–Trinajstić information content (AvgIpc) is 2.98. The Labute approximate surface area is 132 Å². The number of fused-ring (bicyclic) bond motifs is 1. The van der Waals surface area contributed by atoms with Crippen LogP contribution in [0.25, 0.3) is 10.9 Å². The van der Waals surface area contributed by atoms with Gasteiger partial charge in [-0.05, 0) is 37.0 Å². The number of rotatable bonds is 4. The van der Waals surface area contributed by atoms with Gasteiger partial charge in [-0.25, -0.2) is 4.68 Å². The Morgan fingerprint density at radius 3 is 2.83 bits per heavy atom. The number of alkyl halides is 2. The zero-order chi connectivity index (χ0) is 16.4. The molecule has 2 aromatic rings. The third kappa shape index (κ3) is 3.34. The number of aromatic nitrogens is 2. The molecular formula is C16H19F2N3O2. The Morgan fingerprint density at radius 1 is 1.39 bits per heavy atom. The minimum absolute atomic E-state index is 0.0579. The van der Waals surface area contributed by atoms with Crippen molar-refractivity contribution in [3.8, 4) is 0 Å². The van der Waals surface area contributed by atoms with Gasteiger partial charge < -0.3 is 10.1 Å². The lowest BCUT2D eigenvalue weighted by atomic mass is 9.87. The number of anilines is 1. The minimum atomic E-state index is -2.68. The van der Waals surface area contributed by atoms with Gasteiger partial charge in [-0.2, -0.15) is 13.9 Å². The highest BCUT2D eigenvalue weighted by atomic mass is 19.3. The first-order valence-electron chi connectivity index (χ1n) is 7.70. The molecule has 1 N–H and O–H groups in total. The number of ether oxygens (including phenoxy) is 1. The number of carbonyl (C=O) groups excluding carboxylic acids is 1. The minimum Gasteiger partial charge on any atom is -0.381 e. The molecular weight excluding hydrogens is 304 g/mol. The van der Waals surface area contributed by atoms with Crippen LogP contribution in [0.2, 0.25) is 0 Å². The van der Waals surface area contributed by atoms with Gasteiger partial charge in [0.15, 0.2) is 0 Å². The molecule has 0 bridgehead atoms. The SMILES string of the molecule is CC(C(=O)Nc1ccc2c(cnn2C(F)F)c1)C1CCOCC1. The Bertz CT molecular complexity index is 696. The van der Waals surface area contributed by atoms with Crippen molar-refractivity contribution in [2.45, 2.75) is 26.3 Å². The molecule has 1 aliphatic heterocycles. The predicted molar refractivity (Wildman–Crippen MR) is 82.3 cm³/mol. The summed E-state index contributed by atoms with van der Waals surface area (Å²) in [6.07, 6.45) is 3.14. The molecule has 0 saturated carbocycles. The fraction of sp³-hybridized carbons (Fsp3) is 0.500. The summed E-state index contributed by atoms with van der Waals surface area (Å²) in [5, 5.41) is 7.10. The van der Waals surface area contributed by atoms with Gasteiger partial charge in [0, 0.05) is 30.2 Å². The number of nitrogens with one attached hydrogen (secondary N) is 1. The summed E-state index contributed by atoms with van der Waals surface area (Å²) < 4.78 is 31.5. The van der Waals surface area contributed by atoms with E-state index in [4.69, 9.17) is 4.74 Å². The van der Waals surface area contributed by atoms with Crippen molar-refractivity contribution in [3.05, 3.63) is 24.4 Å². The third-order valence-corrected chi connectivity index (χ3v) is 4.43. The first kappa shape index (κ1) is 15.9. The summed E-state index contributed by atoms with van der Waals surface area (Å²) in [5.41, 5.74) is 0.936. The lowest BCUT2D eigenvalue weighted by Gasteiger charge is -2.26. The van der Waals surface area contributed by atoms with Gasteiger partial charge in [-0.1, -0.05) is 6.92 Å². The summed E-state index contributed by atoms with van der Waals surface area (Å²) in [5.74, 6) is 0.143. The fourth-order valence-electron chi connectivity index (χ4n) is 2.97. The Hall–Kier alpha value is -2.02. The number of hydrogen-bond acceptors (Lipinski definition) is 3. The highest BCUT2D eigenvalue weighted by molar-refractivity contribution is 5.95. The van der Waals surface area contributed by atoms with Crippen LogP contribution in [0.5, 0.6) is 0 Å². The molecule has 3 rings (SSSR count). The maximum atomic E-state index is 12.8. The zero-order valence-electron chi connectivity index (χ0n) is 12.8. The van der Waals surface area contributed by atoms with Gasteiger partial charge in [0.2, 0.25) is 5.91 Å². The summed E-state index contributed by atoms with van der Waals surface area (Å²) in [4.78, 5) is 12.4. The van der Waals surface area contributed by atoms with Gasteiger partial charge in [0.1, 0.15) is 0 Å². The van der Waals surface area contributed by atoms with E-state index < -0.39 is 6.55 Å². The Balaban J connectivity index is 1.72. The number of amides is 1. The van der Waals surface area contributed by atoms with Crippen LogP contribution >= 0.6 is 0 Å². The normalized spacial score (nSPS) is 17.6. The molecule has 0 spiro atoms. The second kappa shape index (κ2) is 6.62. The van der Waals surface area contributed by atoms with Crippen molar-refractivity contribution in [2.75, 3.05) is 18.5 Å². The molecule has 0 aliphatic carbocycles. The molecule has 0 radical (unpaired) electrons. The average molecular weight is 323 g/mol. The van der Waals surface area contributed by atoms with Crippen molar-refractivity contribution in [1.82, 2.24) is 9.78 Å². The van der Waals surface area contributed by atoms with Crippen molar-refractivity contribution in [1.29, 1.82) is 0 Å². The van der Waals surface area contributed by atoms with Crippen molar-refractivity contribution < 1.29 is 18.3 Å². The third-order valence-electron chi connectivity index (χ3n) is 4.43. The second-order valence-corrected chi connectivity index (χ2v) is 5.87. The lowest BCUT2D eigenvalue weighted by Crippen LogP contribution is -2.30. The first-order chi connectivity index (χ1) is 11.1. The number of nitrogens with zero attached hydrogens (tertiary/aromatic N) is 2. The number of halogens is 2. The van der Waals surface area contributed by atoms with Crippen LogP contribution in [0.1, 0.15) is 26.3 Å². The standard InChI is InChI=1S/C16H19F2N3O2/c1-10(11-4-6-23-7-5-11)15(22)20-13-2-3-14-12(8-13)9-19-21(14)16(17)18/h2-3,8-11,16H,4-7H2,1H3,(H,20,22). The summed E-state index contributed by atoms with van der Waals surface area (Å²) in [6, 6.07) is 4.83. The quantitative estimate of drug-likeness (QED) is 0.938. The topological polar surface area (TPSA) is 56.2 Å². The molecule has 1 aliphatic rings. The zero-order valence-corrected chi connectivity index (χ0v) is 12.8. The largest absolute Gasteiger partial charge is 0.381 e. The molecule has 1 atom stereocenters. The Morgan fingerprint density at radius 2 is 2.13 bits per heavy atom. The van der Waals surface area contributed by atoms with E-state index in [1.807, 2.05) is 6.92 Å². The van der Waals surface area contributed by atoms with E-state index in [1.165, 1.54) is 6.20 Å². The second-order valence-electron chi connectivity index (χ2n) is 5.87. The monoisotopic (exact) mass is 323 g/mol. The number of benzene rings is 1. The van der Waals surface area contributed by atoms with Gasteiger partial charge in [-0.3, -0.25) is 4.79 Å².